The molecule has 0 spiro atoms. The number of piperazine rings is 1. The van der Waals surface area contributed by atoms with Gasteiger partial charge in [0.1, 0.15) is 18.1 Å². The minimum absolute atomic E-state index is 0.202. The summed E-state index contributed by atoms with van der Waals surface area (Å²) >= 11 is 0. The van der Waals surface area contributed by atoms with E-state index < -0.39 is 0 Å². The van der Waals surface area contributed by atoms with Crippen molar-refractivity contribution in [1.82, 2.24) is 15.0 Å². The molecule has 0 atom stereocenters. The lowest BCUT2D eigenvalue weighted by molar-refractivity contribution is -0.132. The average Bonchev–Trinajstić information content (AvgIpc) is 2.99. The molecule has 0 N–H and O–H groups in total. The Morgan fingerprint density at radius 2 is 1.82 bits per heavy atom. The maximum absolute atomic E-state index is 12.6. The zero-order valence-corrected chi connectivity index (χ0v) is 17.4. The van der Waals surface area contributed by atoms with Crippen LogP contribution in [0.5, 0.6) is 5.75 Å². The summed E-state index contributed by atoms with van der Waals surface area (Å²) in [7, 11) is 0. The molecule has 2 heterocycles. The first-order valence-electron chi connectivity index (χ1n) is 10.1. The van der Waals surface area contributed by atoms with Crippen molar-refractivity contribution < 1.29 is 14.1 Å². The number of ether oxygens (including phenoxy) is 1. The van der Waals surface area contributed by atoms with Crippen LogP contribution >= 0.6 is 0 Å². The highest BCUT2D eigenvalue weighted by molar-refractivity contribution is 5.79. The number of aryl methyl sites for hydroxylation is 2. The largest absolute Gasteiger partial charge is 0.489 e. The molecular formula is C22H31N3O3. The van der Waals surface area contributed by atoms with Gasteiger partial charge in [0.2, 0.25) is 5.91 Å². The molecule has 6 nitrogen and oxygen atoms in total. The number of carbonyl (C=O) groups is 1. The van der Waals surface area contributed by atoms with Crippen molar-refractivity contribution in [2.45, 2.75) is 40.7 Å². The van der Waals surface area contributed by atoms with Crippen molar-refractivity contribution in [3.8, 4) is 5.75 Å². The Hall–Kier alpha value is -2.34. The Morgan fingerprint density at radius 3 is 2.39 bits per heavy atom. The van der Waals surface area contributed by atoms with Gasteiger partial charge in [-0.2, -0.15) is 0 Å². The molecule has 0 radical (unpaired) electrons. The fourth-order valence-electron chi connectivity index (χ4n) is 3.55. The highest BCUT2D eigenvalue weighted by Gasteiger charge is 2.21. The first-order valence-corrected chi connectivity index (χ1v) is 10.1. The van der Waals surface area contributed by atoms with Crippen molar-refractivity contribution >= 4 is 5.91 Å². The summed E-state index contributed by atoms with van der Waals surface area (Å²) in [6.07, 6.45) is 0.439. The van der Waals surface area contributed by atoms with E-state index in [1.165, 1.54) is 0 Å². The van der Waals surface area contributed by atoms with E-state index in [-0.39, 0.29) is 5.91 Å². The van der Waals surface area contributed by atoms with Crippen molar-refractivity contribution in [2.75, 3.05) is 32.7 Å². The summed E-state index contributed by atoms with van der Waals surface area (Å²) in [5.41, 5.74) is 2.85. The quantitative estimate of drug-likeness (QED) is 0.732. The van der Waals surface area contributed by atoms with Crippen molar-refractivity contribution in [1.29, 1.82) is 0 Å². The van der Waals surface area contributed by atoms with Crippen LogP contribution in [0, 0.1) is 19.8 Å². The average molecular weight is 386 g/mol. The van der Waals surface area contributed by atoms with E-state index in [1.54, 1.807) is 0 Å². The molecule has 152 valence electrons. The van der Waals surface area contributed by atoms with Gasteiger partial charge in [0.05, 0.1) is 17.7 Å². The fraction of sp³-hybridized carbons (Fsp3) is 0.545. The van der Waals surface area contributed by atoms with Gasteiger partial charge in [-0.25, -0.2) is 0 Å². The highest BCUT2D eigenvalue weighted by atomic mass is 16.5. The van der Waals surface area contributed by atoms with E-state index >= 15 is 0 Å². The predicted molar refractivity (Wildman–Crippen MR) is 108 cm³/mol. The number of benzene rings is 1. The number of amides is 1. The van der Waals surface area contributed by atoms with Crippen LogP contribution in [0.2, 0.25) is 0 Å². The van der Waals surface area contributed by atoms with Gasteiger partial charge in [0.25, 0.3) is 0 Å². The van der Waals surface area contributed by atoms with Gasteiger partial charge >= 0.3 is 0 Å². The Morgan fingerprint density at radius 1 is 1.14 bits per heavy atom. The molecular weight excluding hydrogens is 354 g/mol. The second kappa shape index (κ2) is 9.24. The normalized spacial score (nSPS) is 15.2. The molecule has 1 fully saturated rings. The van der Waals surface area contributed by atoms with Crippen molar-refractivity contribution in [2.24, 2.45) is 5.92 Å². The standard InChI is InChI=1S/C22H31N3O3/c1-16(2)14-24-9-11-25(12-10-24)22(26)13-19-5-7-20(8-6-19)27-15-21-17(3)23-28-18(21)4/h5-8,16H,9-15H2,1-4H3. The van der Waals surface area contributed by atoms with Gasteiger partial charge in [0.15, 0.2) is 0 Å². The van der Waals surface area contributed by atoms with Crippen LogP contribution in [0.4, 0.5) is 0 Å². The number of hydrogen-bond acceptors (Lipinski definition) is 5. The Bertz CT molecular complexity index is 755. The molecule has 6 heteroatoms. The molecule has 1 aromatic heterocycles. The van der Waals surface area contributed by atoms with Crippen LogP contribution in [0.15, 0.2) is 28.8 Å². The zero-order valence-electron chi connectivity index (χ0n) is 17.4. The van der Waals surface area contributed by atoms with E-state index in [9.17, 15) is 4.79 Å². The summed E-state index contributed by atoms with van der Waals surface area (Å²) in [4.78, 5) is 17.0. The molecule has 1 amide bonds. The molecule has 0 bridgehead atoms. The molecule has 2 aromatic rings. The van der Waals surface area contributed by atoms with E-state index in [4.69, 9.17) is 9.26 Å². The molecule has 1 saturated heterocycles. The Labute approximate surface area is 167 Å². The smallest absolute Gasteiger partial charge is 0.227 e. The topological polar surface area (TPSA) is 58.8 Å². The van der Waals surface area contributed by atoms with E-state index in [0.717, 1.165) is 61.1 Å². The van der Waals surface area contributed by atoms with E-state index in [2.05, 4.69) is 23.9 Å². The molecule has 0 saturated carbocycles. The second-order valence-corrected chi connectivity index (χ2v) is 7.99. The van der Waals surface area contributed by atoms with Crippen LogP contribution < -0.4 is 4.74 Å². The molecule has 0 aliphatic carbocycles. The summed E-state index contributed by atoms with van der Waals surface area (Å²) in [5, 5.41) is 3.94. The van der Waals surface area contributed by atoms with Gasteiger partial charge in [-0.3, -0.25) is 9.69 Å². The van der Waals surface area contributed by atoms with Crippen molar-refractivity contribution in [3.63, 3.8) is 0 Å². The van der Waals surface area contributed by atoms with E-state index in [0.29, 0.717) is 18.9 Å². The van der Waals surface area contributed by atoms with Crippen LogP contribution in [0.1, 0.15) is 36.4 Å². The van der Waals surface area contributed by atoms with Crippen LogP contribution in [0.25, 0.3) is 0 Å². The first kappa shape index (κ1) is 20.4. The molecule has 28 heavy (non-hydrogen) atoms. The number of aromatic nitrogens is 1. The molecule has 1 aromatic carbocycles. The summed E-state index contributed by atoms with van der Waals surface area (Å²) < 4.78 is 11.0. The molecule has 3 rings (SSSR count). The zero-order chi connectivity index (χ0) is 20.1. The van der Waals surface area contributed by atoms with Crippen molar-refractivity contribution in [3.05, 3.63) is 46.8 Å². The third kappa shape index (κ3) is 5.35. The minimum atomic E-state index is 0.202. The number of nitrogens with zero attached hydrogens (tertiary/aromatic N) is 3. The van der Waals surface area contributed by atoms with Gasteiger partial charge in [-0.1, -0.05) is 31.1 Å². The number of rotatable bonds is 7. The van der Waals surface area contributed by atoms with Gasteiger partial charge in [-0.05, 0) is 37.5 Å². The SMILES string of the molecule is Cc1noc(C)c1COc1ccc(CC(=O)N2CCN(CC(C)C)CC2)cc1. The maximum Gasteiger partial charge on any atom is 0.227 e. The Balaban J connectivity index is 1.47. The fourth-order valence-corrected chi connectivity index (χ4v) is 3.55. The first-order chi connectivity index (χ1) is 13.4. The highest BCUT2D eigenvalue weighted by Crippen LogP contribution is 2.18. The summed E-state index contributed by atoms with van der Waals surface area (Å²) in [6, 6.07) is 7.77. The molecule has 1 aliphatic heterocycles. The van der Waals surface area contributed by atoms with Crippen LogP contribution in [-0.2, 0) is 17.8 Å². The summed E-state index contributed by atoms with van der Waals surface area (Å²) in [5.74, 6) is 2.43. The lowest BCUT2D eigenvalue weighted by Crippen LogP contribution is -2.49. The van der Waals surface area contributed by atoms with E-state index in [1.807, 2.05) is 43.0 Å². The lowest BCUT2D eigenvalue weighted by atomic mass is 10.1. The van der Waals surface area contributed by atoms with Crippen LogP contribution in [0.3, 0.4) is 0 Å². The second-order valence-electron chi connectivity index (χ2n) is 7.99. The maximum atomic E-state index is 12.6. The third-order valence-electron chi connectivity index (χ3n) is 5.19. The van der Waals surface area contributed by atoms with Crippen LogP contribution in [-0.4, -0.2) is 53.6 Å². The number of carbonyl (C=O) groups excluding carboxylic acids is 1. The van der Waals surface area contributed by atoms with Gasteiger partial charge in [-0.15, -0.1) is 0 Å². The predicted octanol–water partition coefficient (Wildman–Crippen LogP) is 3.21. The molecule has 0 unspecified atom stereocenters. The lowest BCUT2D eigenvalue weighted by Gasteiger charge is -2.35. The van der Waals surface area contributed by atoms with Gasteiger partial charge < -0.3 is 14.2 Å². The monoisotopic (exact) mass is 385 g/mol. The summed E-state index contributed by atoms with van der Waals surface area (Å²) in [6.45, 7) is 13.4. The Kier molecular flexibility index (Phi) is 6.73. The molecule has 1 aliphatic rings. The minimum Gasteiger partial charge on any atom is -0.489 e. The third-order valence-corrected chi connectivity index (χ3v) is 5.19. The number of hydrogen-bond donors (Lipinski definition) is 0. The van der Waals surface area contributed by atoms with Gasteiger partial charge in [0, 0.05) is 32.7 Å².